The Balaban J connectivity index is 3.06. The number of rotatable bonds is 9. The van der Waals surface area contributed by atoms with Crippen molar-refractivity contribution in [1.82, 2.24) is 0 Å². The molecule has 1 atom stereocenters. The first kappa shape index (κ1) is 13.2. The summed E-state index contributed by atoms with van der Waals surface area (Å²) < 4.78 is 0. The fourth-order valence-corrected chi connectivity index (χ4v) is 1.39. The van der Waals surface area contributed by atoms with E-state index in [0.717, 1.165) is 19.3 Å². The molecule has 0 aromatic carbocycles. The lowest BCUT2D eigenvalue weighted by atomic mass is 10.0. The third-order valence-corrected chi connectivity index (χ3v) is 2.45. The molecule has 1 unspecified atom stereocenters. The molecule has 0 aromatic heterocycles. The molecule has 0 amide bonds. The van der Waals surface area contributed by atoms with Crippen LogP contribution in [-0.2, 0) is 4.79 Å². The van der Waals surface area contributed by atoms with Gasteiger partial charge in [-0.2, -0.15) is 0 Å². The Morgan fingerprint density at radius 3 is 2.43 bits per heavy atom. The largest absolute Gasteiger partial charge is 0.481 e. The van der Waals surface area contributed by atoms with E-state index in [-0.39, 0.29) is 0 Å². The van der Waals surface area contributed by atoms with E-state index in [1.54, 1.807) is 0 Å². The molecule has 2 heteroatoms. The van der Waals surface area contributed by atoms with Gasteiger partial charge in [-0.15, -0.1) is 6.58 Å². The lowest BCUT2D eigenvalue weighted by Gasteiger charge is -2.04. The van der Waals surface area contributed by atoms with Crippen LogP contribution in [0.15, 0.2) is 12.7 Å². The number of carboxylic acid groups (broad SMARTS) is 1. The Labute approximate surface area is 87.0 Å². The van der Waals surface area contributed by atoms with Crippen LogP contribution in [0.25, 0.3) is 0 Å². The SMILES string of the molecule is C=CC(C)CCCCCCCC(=O)O. The third kappa shape index (κ3) is 9.30. The zero-order chi connectivity index (χ0) is 10.8. The first-order valence-electron chi connectivity index (χ1n) is 5.51. The molecule has 0 saturated heterocycles. The highest BCUT2D eigenvalue weighted by Crippen LogP contribution is 2.12. The fraction of sp³-hybridized carbons (Fsp3) is 0.750. The molecular formula is C12H22O2. The van der Waals surface area contributed by atoms with Crippen molar-refractivity contribution in [3.8, 4) is 0 Å². The minimum atomic E-state index is -0.676. The third-order valence-electron chi connectivity index (χ3n) is 2.45. The maximum atomic E-state index is 10.2. The van der Waals surface area contributed by atoms with Crippen LogP contribution in [0.2, 0.25) is 0 Å². The van der Waals surface area contributed by atoms with Gasteiger partial charge in [-0.05, 0) is 18.8 Å². The number of unbranched alkanes of at least 4 members (excludes halogenated alkanes) is 4. The summed E-state index contributed by atoms with van der Waals surface area (Å²) in [5, 5.41) is 8.41. The predicted octanol–water partition coefficient (Wildman–Crippen LogP) is 3.62. The lowest BCUT2D eigenvalue weighted by Crippen LogP contribution is -1.93. The molecule has 0 aromatic rings. The Morgan fingerprint density at radius 2 is 1.86 bits per heavy atom. The second-order valence-corrected chi connectivity index (χ2v) is 3.91. The quantitative estimate of drug-likeness (QED) is 0.454. The molecule has 82 valence electrons. The van der Waals surface area contributed by atoms with E-state index in [1.807, 2.05) is 6.08 Å². The predicted molar refractivity (Wildman–Crippen MR) is 59.3 cm³/mol. The lowest BCUT2D eigenvalue weighted by molar-refractivity contribution is -0.137. The number of hydrogen-bond donors (Lipinski definition) is 1. The number of allylic oxidation sites excluding steroid dienone is 1. The van der Waals surface area contributed by atoms with Gasteiger partial charge in [0, 0.05) is 6.42 Å². The monoisotopic (exact) mass is 198 g/mol. The van der Waals surface area contributed by atoms with Crippen LogP contribution in [0.5, 0.6) is 0 Å². The van der Waals surface area contributed by atoms with E-state index >= 15 is 0 Å². The van der Waals surface area contributed by atoms with Crippen molar-refractivity contribution in [2.24, 2.45) is 5.92 Å². The zero-order valence-corrected chi connectivity index (χ0v) is 9.17. The number of carboxylic acids is 1. The van der Waals surface area contributed by atoms with E-state index in [1.165, 1.54) is 19.3 Å². The highest BCUT2D eigenvalue weighted by atomic mass is 16.4. The number of carbonyl (C=O) groups is 1. The van der Waals surface area contributed by atoms with E-state index in [2.05, 4.69) is 13.5 Å². The van der Waals surface area contributed by atoms with Crippen LogP contribution in [0.3, 0.4) is 0 Å². The van der Waals surface area contributed by atoms with Crippen LogP contribution < -0.4 is 0 Å². The summed E-state index contributed by atoms with van der Waals surface area (Å²) in [6.07, 6.45) is 9.02. The van der Waals surface area contributed by atoms with E-state index < -0.39 is 5.97 Å². The van der Waals surface area contributed by atoms with Crippen molar-refractivity contribution in [3.05, 3.63) is 12.7 Å². The number of aliphatic carboxylic acids is 1. The van der Waals surface area contributed by atoms with Gasteiger partial charge < -0.3 is 5.11 Å². The molecule has 14 heavy (non-hydrogen) atoms. The van der Waals surface area contributed by atoms with Gasteiger partial charge in [-0.1, -0.05) is 38.7 Å². The van der Waals surface area contributed by atoms with Crippen molar-refractivity contribution in [1.29, 1.82) is 0 Å². The maximum Gasteiger partial charge on any atom is 0.303 e. The minimum Gasteiger partial charge on any atom is -0.481 e. The Kier molecular flexibility index (Phi) is 8.30. The summed E-state index contributed by atoms with van der Waals surface area (Å²) in [5.41, 5.74) is 0. The molecule has 0 rings (SSSR count). The molecule has 0 aliphatic rings. The molecule has 0 aliphatic carbocycles. The second-order valence-electron chi connectivity index (χ2n) is 3.91. The van der Waals surface area contributed by atoms with Crippen LogP contribution in [-0.4, -0.2) is 11.1 Å². The van der Waals surface area contributed by atoms with Gasteiger partial charge in [-0.3, -0.25) is 4.79 Å². The summed E-state index contributed by atoms with van der Waals surface area (Å²) in [5.74, 6) is -0.0562. The van der Waals surface area contributed by atoms with E-state index in [9.17, 15) is 4.79 Å². The normalized spacial score (nSPS) is 12.4. The topological polar surface area (TPSA) is 37.3 Å². The van der Waals surface area contributed by atoms with Crippen molar-refractivity contribution < 1.29 is 9.90 Å². The van der Waals surface area contributed by atoms with Crippen molar-refractivity contribution in [2.45, 2.75) is 51.9 Å². The summed E-state index contributed by atoms with van der Waals surface area (Å²) in [6.45, 7) is 5.92. The van der Waals surface area contributed by atoms with Crippen molar-refractivity contribution >= 4 is 5.97 Å². The Morgan fingerprint density at radius 1 is 1.29 bits per heavy atom. The molecule has 0 saturated carbocycles. The highest BCUT2D eigenvalue weighted by Gasteiger charge is 1.98. The van der Waals surface area contributed by atoms with E-state index in [4.69, 9.17) is 5.11 Å². The summed E-state index contributed by atoms with van der Waals surface area (Å²) in [6, 6.07) is 0. The van der Waals surface area contributed by atoms with Gasteiger partial charge in [0.05, 0.1) is 0 Å². The van der Waals surface area contributed by atoms with Gasteiger partial charge in [0.2, 0.25) is 0 Å². The molecule has 2 nitrogen and oxygen atoms in total. The van der Waals surface area contributed by atoms with Gasteiger partial charge >= 0.3 is 5.97 Å². The van der Waals surface area contributed by atoms with Gasteiger partial charge in [0.25, 0.3) is 0 Å². The standard InChI is InChI=1S/C12H22O2/c1-3-11(2)9-7-5-4-6-8-10-12(13)14/h3,11H,1,4-10H2,2H3,(H,13,14). The molecule has 0 radical (unpaired) electrons. The molecule has 0 fully saturated rings. The van der Waals surface area contributed by atoms with Crippen LogP contribution in [0, 0.1) is 5.92 Å². The Bertz CT molecular complexity index is 164. The summed E-state index contributed by atoms with van der Waals surface area (Å²) in [7, 11) is 0. The summed E-state index contributed by atoms with van der Waals surface area (Å²) in [4.78, 5) is 10.2. The molecule has 0 aliphatic heterocycles. The van der Waals surface area contributed by atoms with Crippen LogP contribution in [0.4, 0.5) is 0 Å². The molecule has 1 N–H and O–H groups in total. The van der Waals surface area contributed by atoms with E-state index in [0.29, 0.717) is 12.3 Å². The fourth-order valence-electron chi connectivity index (χ4n) is 1.39. The minimum absolute atomic E-state index is 0.322. The second kappa shape index (κ2) is 8.79. The molecule has 0 spiro atoms. The average molecular weight is 198 g/mol. The smallest absolute Gasteiger partial charge is 0.303 e. The zero-order valence-electron chi connectivity index (χ0n) is 9.17. The maximum absolute atomic E-state index is 10.2. The summed E-state index contributed by atoms with van der Waals surface area (Å²) >= 11 is 0. The first-order valence-corrected chi connectivity index (χ1v) is 5.51. The number of hydrogen-bond acceptors (Lipinski definition) is 1. The van der Waals surface area contributed by atoms with Gasteiger partial charge in [-0.25, -0.2) is 0 Å². The van der Waals surface area contributed by atoms with Gasteiger partial charge in [0.15, 0.2) is 0 Å². The first-order chi connectivity index (χ1) is 6.66. The molecule has 0 bridgehead atoms. The Hall–Kier alpha value is -0.790. The highest BCUT2D eigenvalue weighted by molar-refractivity contribution is 5.66. The van der Waals surface area contributed by atoms with Crippen molar-refractivity contribution in [2.75, 3.05) is 0 Å². The van der Waals surface area contributed by atoms with Crippen LogP contribution >= 0.6 is 0 Å². The molecule has 0 heterocycles. The molecular weight excluding hydrogens is 176 g/mol. The average Bonchev–Trinajstić information content (AvgIpc) is 2.15. The van der Waals surface area contributed by atoms with Crippen molar-refractivity contribution in [3.63, 3.8) is 0 Å². The van der Waals surface area contributed by atoms with Crippen LogP contribution in [0.1, 0.15) is 51.9 Å². The van der Waals surface area contributed by atoms with Gasteiger partial charge in [0.1, 0.15) is 0 Å².